The molecule has 1 amide bonds. The lowest BCUT2D eigenvalue weighted by molar-refractivity contribution is -0.123. The quantitative estimate of drug-likeness (QED) is 0.585. The lowest BCUT2D eigenvalue weighted by atomic mass is 10.2. The molecule has 8 heteroatoms. The molecule has 0 radical (unpaired) electrons. The van der Waals surface area contributed by atoms with Gasteiger partial charge < -0.3 is 19.3 Å². The van der Waals surface area contributed by atoms with Gasteiger partial charge in [-0.1, -0.05) is 17.3 Å². The average molecular weight is 412 g/mol. The fourth-order valence-electron chi connectivity index (χ4n) is 2.67. The van der Waals surface area contributed by atoms with Crippen LogP contribution in [0.2, 0.25) is 0 Å². The molecule has 3 aromatic rings. The third kappa shape index (κ3) is 5.02. The summed E-state index contributed by atoms with van der Waals surface area (Å²) in [5, 5.41) is 6.44. The summed E-state index contributed by atoms with van der Waals surface area (Å²) in [6.45, 7) is 5.20. The predicted octanol–water partition coefficient (Wildman–Crippen LogP) is 4.19. The average Bonchev–Trinajstić information content (AvgIpc) is 3.05. The van der Waals surface area contributed by atoms with Crippen molar-refractivity contribution >= 4 is 17.6 Å². The Bertz CT molecular complexity index is 1030. The summed E-state index contributed by atoms with van der Waals surface area (Å²) in [5.74, 6) is -0.705. The van der Waals surface area contributed by atoms with E-state index in [4.69, 9.17) is 14.0 Å². The predicted molar refractivity (Wildman–Crippen MR) is 107 cm³/mol. The summed E-state index contributed by atoms with van der Waals surface area (Å²) in [4.78, 5) is 24.9. The number of nitrogens with one attached hydrogen (secondary N) is 1. The zero-order valence-electron chi connectivity index (χ0n) is 16.8. The third-order valence-corrected chi connectivity index (χ3v) is 4.43. The van der Waals surface area contributed by atoms with Crippen LogP contribution >= 0.6 is 0 Å². The van der Waals surface area contributed by atoms with Gasteiger partial charge in [-0.15, -0.1) is 0 Å². The Hall–Kier alpha value is -3.68. The molecule has 0 saturated heterocycles. The molecule has 2 aromatic carbocycles. The molecule has 3 rings (SSSR count). The van der Waals surface area contributed by atoms with Crippen molar-refractivity contribution < 1.29 is 28.0 Å². The van der Waals surface area contributed by atoms with Gasteiger partial charge >= 0.3 is 5.97 Å². The molecular formula is C22H21FN2O5. The first-order valence-electron chi connectivity index (χ1n) is 9.26. The summed E-state index contributed by atoms with van der Waals surface area (Å²) < 4.78 is 29.1. The Balaban J connectivity index is 1.64. The summed E-state index contributed by atoms with van der Waals surface area (Å²) in [5.41, 5.74) is 2.09. The third-order valence-electron chi connectivity index (χ3n) is 4.43. The molecule has 0 bridgehead atoms. The van der Waals surface area contributed by atoms with Gasteiger partial charge in [0.2, 0.25) is 0 Å². The standard InChI is InChI=1S/C22H21FN2O5/c1-13-19(14(2)30-25-13)12-28-20-7-5-4-6-18(20)22(27)29-15(3)21(26)24-17-10-8-16(23)9-11-17/h4-11,15H,12H2,1-3H3,(H,24,26)/t15-/m0/s1. The summed E-state index contributed by atoms with van der Waals surface area (Å²) in [6.07, 6.45) is -1.07. The van der Waals surface area contributed by atoms with Crippen LogP contribution in [-0.4, -0.2) is 23.1 Å². The second kappa shape index (κ2) is 9.21. The van der Waals surface area contributed by atoms with Crippen LogP contribution in [0.25, 0.3) is 0 Å². The van der Waals surface area contributed by atoms with Crippen LogP contribution < -0.4 is 10.1 Å². The van der Waals surface area contributed by atoms with E-state index in [0.717, 1.165) is 5.56 Å². The molecule has 0 aliphatic carbocycles. The molecule has 1 N–H and O–H groups in total. The molecule has 0 saturated carbocycles. The van der Waals surface area contributed by atoms with Crippen LogP contribution in [0.3, 0.4) is 0 Å². The van der Waals surface area contributed by atoms with Gasteiger partial charge in [0.1, 0.15) is 29.5 Å². The number of ether oxygens (including phenoxy) is 2. The van der Waals surface area contributed by atoms with Crippen LogP contribution in [0, 0.1) is 19.7 Å². The van der Waals surface area contributed by atoms with E-state index in [0.29, 0.717) is 22.9 Å². The molecule has 1 atom stereocenters. The van der Waals surface area contributed by atoms with Crippen molar-refractivity contribution in [3.05, 3.63) is 76.9 Å². The summed E-state index contributed by atoms with van der Waals surface area (Å²) >= 11 is 0. The maximum Gasteiger partial charge on any atom is 0.342 e. The zero-order valence-corrected chi connectivity index (χ0v) is 16.8. The second-order valence-electron chi connectivity index (χ2n) is 6.63. The van der Waals surface area contributed by atoms with Crippen LogP contribution in [0.5, 0.6) is 5.75 Å². The van der Waals surface area contributed by atoms with E-state index < -0.39 is 23.8 Å². The summed E-state index contributed by atoms with van der Waals surface area (Å²) in [7, 11) is 0. The number of rotatable bonds is 7. The first kappa shape index (κ1) is 21.0. The Morgan fingerprint density at radius 2 is 1.83 bits per heavy atom. The molecule has 0 aliphatic rings. The van der Waals surface area contributed by atoms with Crippen molar-refractivity contribution in [3.8, 4) is 5.75 Å². The number of anilines is 1. The van der Waals surface area contributed by atoms with E-state index in [1.807, 2.05) is 0 Å². The topological polar surface area (TPSA) is 90.7 Å². The van der Waals surface area contributed by atoms with Crippen LogP contribution in [-0.2, 0) is 16.1 Å². The van der Waals surface area contributed by atoms with Gasteiger partial charge in [-0.3, -0.25) is 4.79 Å². The van der Waals surface area contributed by atoms with Crippen molar-refractivity contribution in [1.82, 2.24) is 5.16 Å². The molecular weight excluding hydrogens is 391 g/mol. The van der Waals surface area contributed by atoms with Crippen LogP contribution in [0.1, 0.15) is 34.3 Å². The van der Waals surface area contributed by atoms with Gasteiger partial charge in [0.15, 0.2) is 6.10 Å². The SMILES string of the molecule is Cc1noc(C)c1COc1ccccc1C(=O)O[C@@H](C)C(=O)Nc1ccc(F)cc1. The minimum atomic E-state index is -1.07. The van der Waals surface area contributed by atoms with E-state index in [1.165, 1.54) is 31.2 Å². The number of aromatic nitrogens is 1. The monoisotopic (exact) mass is 412 g/mol. The molecule has 0 aliphatic heterocycles. The minimum absolute atomic E-state index is 0.173. The number of hydrogen-bond donors (Lipinski definition) is 1. The Morgan fingerprint density at radius 3 is 2.50 bits per heavy atom. The lowest BCUT2D eigenvalue weighted by Gasteiger charge is -2.15. The number of carbonyl (C=O) groups excluding carboxylic acids is 2. The second-order valence-corrected chi connectivity index (χ2v) is 6.63. The molecule has 7 nitrogen and oxygen atoms in total. The Morgan fingerprint density at radius 1 is 1.13 bits per heavy atom. The van der Waals surface area contributed by atoms with Gasteiger partial charge in [0, 0.05) is 5.69 Å². The van der Waals surface area contributed by atoms with E-state index in [1.54, 1.807) is 38.1 Å². The number of esters is 1. The van der Waals surface area contributed by atoms with Gasteiger partial charge in [-0.25, -0.2) is 9.18 Å². The number of para-hydroxylation sites is 1. The zero-order chi connectivity index (χ0) is 21.7. The largest absolute Gasteiger partial charge is 0.488 e. The lowest BCUT2D eigenvalue weighted by Crippen LogP contribution is -2.30. The maximum atomic E-state index is 13.0. The van der Waals surface area contributed by atoms with Crippen LogP contribution in [0.4, 0.5) is 10.1 Å². The molecule has 30 heavy (non-hydrogen) atoms. The number of benzene rings is 2. The van der Waals surface area contributed by atoms with Crippen LogP contribution in [0.15, 0.2) is 53.1 Å². The fraction of sp³-hybridized carbons (Fsp3) is 0.227. The van der Waals surface area contributed by atoms with Gasteiger partial charge in [-0.05, 0) is 57.2 Å². The van der Waals surface area contributed by atoms with Crippen molar-refractivity contribution in [2.45, 2.75) is 33.5 Å². The first-order valence-corrected chi connectivity index (χ1v) is 9.26. The number of nitrogens with zero attached hydrogens (tertiary/aromatic N) is 1. The number of carbonyl (C=O) groups is 2. The highest BCUT2D eigenvalue weighted by Gasteiger charge is 2.22. The summed E-state index contributed by atoms with van der Waals surface area (Å²) in [6, 6.07) is 11.9. The molecule has 0 fully saturated rings. The van der Waals surface area contributed by atoms with Crippen molar-refractivity contribution in [2.75, 3.05) is 5.32 Å². The maximum absolute atomic E-state index is 13.0. The smallest absolute Gasteiger partial charge is 0.342 e. The van der Waals surface area contributed by atoms with E-state index in [-0.39, 0.29) is 12.2 Å². The van der Waals surface area contributed by atoms with E-state index in [2.05, 4.69) is 10.5 Å². The molecule has 156 valence electrons. The van der Waals surface area contributed by atoms with Crippen molar-refractivity contribution in [3.63, 3.8) is 0 Å². The molecule has 1 heterocycles. The normalized spacial score (nSPS) is 11.6. The highest BCUT2D eigenvalue weighted by atomic mass is 19.1. The van der Waals surface area contributed by atoms with Gasteiger partial charge in [0.05, 0.1) is 11.3 Å². The van der Waals surface area contributed by atoms with Gasteiger partial charge in [-0.2, -0.15) is 0 Å². The number of amides is 1. The molecule has 1 aromatic heterocycles. The highest BCUT2D eigenvalue weighted by molar-refractivity contribution is 5.98. The number of halogens is 1. The minimum Gasteiger partial charge on any atom is -0.488 e. The fourth-order valence-corrected chi connectivity index (χ4v) is 2.67. The van der Waals surface area contributed by atoms with E-state index in [9.17, 15) is 14.0 Å². The Kier molecular flexibility index (Phi) is 6.46. The molecule has 0 spiro atoms. The first-order chi connectivity index (χ1) is 14.3. The molecule has 0 unspecified atom stereocenters. The van der Waals surface area contributed by atoms with Gasteiger partial charge in [0.25, 0.3) is 5.91 Å². The van der Waals surface area contributed by atoms with Crippen molar-refractivity contribution in [2.24, 2.45) is 0 Å². The Labute approximate surface area is 172 Å². The number of hydrogen-bond acceptors (Lipinski definition) is 6. The highest BCUT2D eigenvalue weighted by Crippen LogP contribution is 2.23. The van der Waals surface area contributed by atoms with E-state index >= 15 is 0 Å². The van der Waals surface area contributed by atoms with Crippen molar-refractivity contribution in [1.29, 1.82) is 0 Å². The number of aryl methyl sites for hydroxylation is 2.